The predicted molar refractivity (Wildman–Crippen MR) is 86.7 cm³/mol. The zero-order chi connectivity index (χ0) is 15.6. The highest BCUT2D eigenvalue weighted by Gasteiger charge is 2.31. The largest absolute Gasteiger partial charge is 0.459 e. The van der Waals surface area contributed by atoms with Crippen molar-refractivity contribution in [2.24, 2.45) is 0 Å². The first-order chi connectivity index (χ1) is 9.88. The monoisotopic (exact) mass is 304 g/mol. The van der Waals surface area contributed by atoms with Gasteiger partial charge in [0.2, 0.25) is 0 Å². The van der Waals surface area contributed by atoms with Crippen LogP contribution in [0.2, 0.25) is 0 Å². The molecule has 1 atom stereocenters. The summed E-state index contributed by atoms with van der Waals surface area (Å²) in [5.41, 5.74) is 3.46. The van der Waals surface area contributed by atoms with Crippen LogP contribution in [0.1, 0.15) is 37.9 Å². The topological polar surface area (TPSA) is 50.4 Å². The van der Waals surface area contributed by atoms with E-state index in [4.69, 9.17) is 17.0 Å². The number of hydrogen-bond acceptors (Lipinski definition) is 3. The SMILES string of the molecule is CC1=C(C(=O)OC(C)C)C(c2ccc(C)cc2)NC(=S)N1. The van der Waals surface area contributed by atoms with Crippen LogP contribution >= 0.6 is 12.2 Å². The Kier molecular flexibility index (Phi) is 4.63. The minimum atomic E-state index is -0.324. The highest BCUT2D eigenvalue weighted by atomic mass is 32.1. The molecule has 1 aliphatic heterocycles. The number of ether oxygens (including phenoxy) is 1. The summed E-state index contributed by atoms with van der Waals surface area (Å²) in [7, 11) is 0. The summed E-state index contributed by atoms with van der Waals surface area (Å²) in [6, 6.07) is 7.74. The average Bonchev–Trinajstić information content (AvgIpc) is 2.37. The molecular formula is C16H20N2O2S. The summed E-state index contributed by atoms with van der Waals surface area (Å²) in [5.74, 6) is -0.324. The van der Waals surface area contributed by atoms with Crippen LogP contribution in [0.3, 0.4) is 0 Å². The Morgan fingerprint density at radius 3 is 2.43 bits per heavy atom. The van der Waals surface area contributed by atoms with E-state index >= 15 is 0 Å². The van der Waals surface area contributed by atoms with E-state index in [1.54, 1.807) is 0 Å². The quantitative estimate of drug-likeness (QED) is 0.664. The molecule has 0 saturated heterocycles. The Morgan fingerprint density at radius 1 is 1.24 bits per heavy atom. The molecule has 5 heteroatoms. The molecular weight excluding hydrogens is 284 g/mol. The number of nitrogens with one attached hydrogen (secondary N) is 2. The van der Waals surface area contributed by atoms with E-state index in [1.807, 2.05) is 52.0 Å². The fraction of sp³-hybridized carbons (Fsp3) is 0.375. The fourth-order valence-corrected chi connectivity index (χ4v) is 2.52. The molecule has 1 heterocycles. The molecule has 0 bridgehead atoms. The minimum Gasteiger partial charge on any atom is -0.459 e. The number of benzene rings is 1. The van der Waals surface area contributed by atoms with Gasteiger partial charge in [-0.1, -0.05) is 29.8 Å². The number of rotatable bonds is 3. The van der Waals surface area contributed by atoms with Gasteiger partial charge in [-0.2, -0.15) is 0 Å². The van der Waals surface area contributed by atoms with Gasteiger partial charge in [-0.05, 0) is 45.5 Å². The molecule has 21 heavy (non-hydrogen) atoms. The predicted octanol–water partition coefficient (Wildman–Crippen LogP) is 2.74. The van der Waals surface area contributed by atoms with Crippen LogP contribution in [0.15, 0.2) is 35.5 Å². The Labute approximate surface area is 130 Å². The van der Waals surface area contributed by atoms with E-state index in [1.165, 1.54) is 5.56 Å². The van der Waals surface area contributed by atoms with Gasteiger partial charge in [0.1, 0.15) is 0 Å². The molecule has 0 saturated carbocycles. The maximum atomic E-state index is 12.4. The maximum absolute atomic E-state index is 12.4. The second kappa shape index (κ2) is 6.26. The maximum Gasteiger partial charge on any atom is 0.338 e. The van der Waals surface area contributed by atoms with Gasteiger partial charge >= 0.3 is 5.97 Å². The second-order valence-corrected chi connectivity index (χ2v) is 5.84. The Bertz CT molecular complexity index is 591. The van der Waals surface area contributed by atoms with Gasteiger partial charge in [-0.25, -0.2) is 4.79 Å². The number of aryl methyl sites for hydroxylation is 1. The molecule has 1 aromatic carbocycles. The highest BCUT2D eigenvalue weighted by Crippen LogP contribution is 2.28. The summed E-state index contributed by atoms with van der Waals surface area (Å²) < 4.78 is 5.35. The van der Waals surface area contributed by atoms with Gasteiger partial charge in [-0.3, -0.25) is 0 Å². The van der Waals surface area contributed by atoms with E-state index in [2.05, 4.69) is 10.6 Å². The average molecular weight is 304 g/mol. The van der Waals surface area contributed by atoms with Crippen molar-refractivity contribution >= 4 is 23.3 Å². The smallest absolute Gasteiger partial charge is 0.338 e. The lowest BCUT2D eigenvalue weighted by Crippen LogP contribution is -2.45. The molecule has 0 fully saturated rings. The number of carbonyl (C=O) groups is 1. The number of allylic oxidation sites excluding steroid dienone is 1. The summed E-state index contributed by atoms with van der Waals surface area (Å²) in [6.07, 6.45) is -0.162. The third-order valence-electron chi connectivity index (χ3n) is 3.24. The van der Waals surface area contributed by atoms with E-state index in [0.29, 0.717) is 10.7 Å². The lowest BCUT2D eigenvalue weighted by atomic mass is 9.95. The fourth-order valence-electron chi connectivity index (χ4n) is 2.25. The first kappa shape index (κ1) is 15.5. The second-order valence-electron chi connectivity index (χ2n) is 5.43. The van der Waals surface area contributed by atoms with Crippen LogP contribution in [0.25, 0.3) is 0 Å². The molecule has 1 unspecified atom stereocenters. The van der Waals surface area contributed by atoms with E-state index in [9.17, 15) is 4.79 Å². The molecule has 4 nitrogen and oxygen atoms in total. The third kappa shape index (κ3) is 3.61. The molecule has 0 radical (unpaired) electrons. The molecule has 0 aromatic heterocycles. The first-order valence-electron chi connectivity index (χ1n) is 6.94. The van der Waals surface area contributed by atoms with Crippen molar-refractivity contribution in [1.82, 2.24) is 10.6 Å². The van der Waals surface area contributed by atoms with Crippen LogP contribution in [0.5, 0.6) is 0 Å². The molecule has 1 aliphatic rings. The number of carbonyl (C=O) groups excluding carboxylic acids is 1. The van der Waals surface area contributed by atoms with Crippen LogP contribution in [0.4, 0.5) is 0 Å². The third-order valence-corrected chi connectivity index (χ3v) is 3.46. The van der Waals surface area contributed by atoms with Crippen LogP contribution in [-0.4, -0.2) is 17.2 Å². The van der Waals surface area contributed by atoms with Crippen molar-refractivity contribution in [3.8, 4) is 0 Å². The number of thiocarbonyl (C=S) groups is 1. The standard InChI is InChI=1S/C16H20N2O2S/c1-9(2)20-15(19)13-11(4)17-16(21)18-14(13)12-7-5-10(3)6-8-12/h5-9,14H,1-4H3,(H2,17,18,21). The van der Waals surface area contributed by atoms with Gasteiger partial charge in [0, 0.05) is 5.70 Å². The zero-order valence-electron chi connectivity index (χ0n) is 12.7. The normalized spacial score (nSPS) is 18.3. The minimum absolute atomic E-state index is 0.162. The zero-order valence-corrected chi connectivity index (χ0v) is 13.5. The van der Waals surface area contributed by atoms with Gasteiger partial charge in [-0.15, -0.1) is 0 Å². The Balaban J connectivity index is 2.40. The molecule has 2 N–H and O–H groups in total. The molecule has 0 aliphatic carbocycles. The van der Waals surface area contributed by atoms with Gasteiger partial charge in [0.25, 0.3) is 0 Å². The molecule has 1 aromatic rings. The van der Waals surface area contributed by atoms with E-state index in [-0.39, 0.29) is 18.1 Å². The van der Waals surface area contributed by atoms with Crippen molar-refractivity contribution in [1.29, 1.82) is 0 Å². The molecule has 112 valence electrons. The highest BCUT2D eigenvalue weighted by molar-refractivity contribution is 7.80. The lowest BCUT2D eigenvalue weighted by Gasteiger charge is -2.30. The summed E-state index contributed by atoms with van der Waals surface area (Å²) in [4.78, 5) is 12.4. The van der Waals surface area contributed by atoms with Crippen molar-refractivity contribution in [2.45, 2.75) is 39.8 Å². The van der Waals surface area contributed by atoms with E-state index in [0.717, 1.165) is 11.3 Å². The molecule has 0 amide bonds. The lowest BCUT2D eigenvalue weighted by molar-refractivity contribution is -0.143. The summed E-state index contributed by atoms with van der Waals surface area (Å²) in [6.45, 7) is 7.54. The van der Waals surface area contributed by atoms with Gasteiger partial charge in [0.05, 0.1) is 17.7 Å². The van der Waals surface area contributed by atoms with Crippen molar-refractivity contribution < 1.29 is 9.53 Å². The molecule has 0 spiro atoms. The van der Waals surface area contributed by atoms with Crippen LogP contribution in [0, 0.1) is 6.92 Å². The number of hydrogen-bond donors (Lipinski definition) is 2. The van der Waals surface area contributed by atoms with Gasteiger partial charge in [0.15, 0.2) is 5.11 Å². The Morgan fingerprint density at radius 2 is 1.86 bits per heavy atom. The molecule has 2 rings (SSSR count). The van der Waals surface area contributed by atoms with Crippen LogP contribution in [-0.2, 0) is 9.53 Å². The van der Waals surface area contributed by atoms with Crippen LogP contribution < -0.4 is 10.6 Å². The number of esters is 1. The van der Waals surface area contributed by atoms with E-state index < -0.39 is 0 Å². The van der Waals surface area contributed by atoms with Crippen molar-refractivity contribution in [2.75, 3.05) is 0 Å². The first-order valence-corrected chi connectivity index (χ1v) is 7.35. The summed E-state index contributed by atoms with van der Waals surface area (Å²) in [5, 5.41) is 6.66. The van der Waals surface area contributed by atoms with Crippen molar-refractivity contribution in [3.05, 3.63) is 46.7 Å². The van der Waals surface area contributed by atoms with Gasteiger partial charge < -0.3 is 15.4 Å². The Hall–Kier alpha value is -1.88. The summed E-state index contributed by atoms with van der Waals surface area (Å²) >= 11 is 5.20. The van der Waals surface area contributed by atoms with Crippen molar-refractivity contribution in [3.63, 3.8) is 0 Å².